The van der Waals surface area contributed by atoms with Crippen molar-refractivity contribution in [3.8, 4) is 0 Å². The molecule has 0 bridgehead atoms. The maximum atomic E-state index is 12.8. The van der Waals surface area contributed by atoms with Gasteiger partial charge in [-0.05, 0) is 19.1 Å². The molecule has 0 saturated heterocycles. The van der Waals surface area contributed by atoms with Gasteiger partial charge in [-0.1, -0.05) is 11.6 Å². The molecule has 0 fully saturated rings. The van der Waals surface area contributed by atoms with Crippen LogP contribution >= 0.6 is 11.6 Å². The zero-order valence-electron chi connectivity index (χ0n) is 13.9. The van der Waals surface area contributed by atoms with Gasteiger partial charge in [-0.2, -0.15) is 17.5 Å². The van der Waals surface area contributed by atoms with Crippen molar-refractivity contribution < 1.29 is 40.0 Å². The van der Waals surface area contributed by atoms with Gasteiger partial charge in [0.2, 0.25) is 6.43 Å². The molecule has 0 aliphatic carbocycles. The third-order valence-corrected chi connectivity index (χ3v) is 5.75. The van der Waals surface area contributed by atoms with Crippen molar-refractivity contribution >= 4 is 27.5 Å². The average molecular weight is 440 g/mol. The van der Waals surface area contributed by atoms with Crippen molar-refractivity contribution in [2.24, 2.45) is 0 Å². The van der Waals surface area contributed by atoms with Crippen LogP contribution in [0.15, 0.2) is 24.5 Å². The number of halogens is 6. The predicted molar refractivity (Wildman–Crippen MR) is 84.2 cm³/mol. The summed E-state index contributed by atoms with van der Waals surface area (Å²) in [4.78, 5) is 17.7. The average Bonchev–Trinajstić information content (AvgIpc) is 2.56. The first-order chi connectivity index (χ1) is 12.2. The van der Waals surface area contributed by atoms with E-state index in [0.717, 1.165) is 13.1 Å². The van der Waals surface area contributed by atoms with Crippen molar-refractivity contribution in [2.45, 2.75) is 36.4 Å². The molecule has 1 heterocycles. The number of amides is 1. The standard InChI is InChI=1S/C13H15ClF5N3O4S/c1-12(14,22(2)27(24,25)13(17,18)19)9(6-10(15)16)26-21-11(23)8-4-3-5-20-7-8/h3-5,7,9-10H,6H2,1-2H3,(H,21,23)/t9?,12-/m1/s1. The number of rotatable bonds is 8. The third-order valence-electron chi connectivity index (χ3n) is 3.47. The first kappa shape index (κ1) is 23.5. The smallest absolute Gasteiger partial charge is 0.267 e. The number of likely N-dealkylation sites (N-methyl/N-ethyl adjacent to an activating group) is 1. The zero-order valence-corrected chi connectivity index (χ0v) is 15.4. The van der Waals surface area contributed by atoms with Crippen LogP contribution in [0.5, 0.6) is 0 Å². The topological polar surface area (TPSA) is 88.6 Å². The van der Waals surface area contributed by atoms with E-state index in [1.807, 2.05) is 0 Å². The molecule has 0 saturated carbocycles. The second-order valence-electron chi connectivity index (χ2n) is 5.35. The number of nitrogens with one attached hydrogen (secondary N) is 1. The SMILES string of the molecule is CN([C@@](C)(Cl)C(CC(F)F)ONC(=O)c1cccnc1)S(=O)(=O)C(F)(F)F. The summed E-state index contributed by atoms with van der Waals surface area (Å²) in [6, 6.07) is 2.69. The van der Waals surface area contributed by atoms with E-state index >= 15 is 0 Å². The van der Waals surface area contributed by atoms with E-state index in [0.29, 0.717) is 7.05 Å². The molecule has 1 amide bonds. The molecule has 154 valence electrons. The monoisotopic (exact) mass is 439 g/mol. The van der Waals surface area contributed by atoms with Crippen molar-refractivity contribution in [1.82, 2.24) is 14.8 Å². The minimum Gasteiger partial charge on any atom is -0.267 e. The van der Waals surface area contributed by atoms with Crippen LogP contribution in [-0.4, -0.2) is 53.7 Å². The molecule has 1 unspecified atom stereocenters. The lowest BCUT2D eigenvalue weighted by molar-refractivity contribution is -0.0820. The Hall–Kier alpha value is -1.57. The normalized spacial score (nSPS) is 16.2. The Morgan fingerprint density at radius 3 is 2.44 bits per heavy atom. The summed E-state index contributed by atoms with van der Waals surface area (Å²) in [5, 5.41) is 0. The summed E-state index contributed by atoms with van der Waals surface area (Å²) in [7, 11) is -5.49. The van der Waals surface area contributed by atoms with Gasteiger partial charge in [0.05, 0.1) is 5.56 Å². The van der Waals surface area contributed by atoms with Crippen LogP contribution in [0.1, 0.15) is 23.7 Å². The Morgan fingerprint density at radius 1 is 1.41 bits per heavy atom. The number of sulfonamides is 1. The van der Waals surface area contributed by atoms with E-state index in [4.69, 9.17) is 16.4 Å². The maximum absolute atomic E-state index is 12.8. The highest BCUT2D eigenvalue weighted by atomic mass is 35.5. The van der Waals surface area contributed by atoms with Gasteiger partial charge < -0.3 is 0 Å². The van der Waals surface area contributed by atoms with Gasteiger partial charge in [0, 0.05) is 25.9 Å². The van der Waals surface area contributed by atoms with Gasteiger partial charge >= 0.3 is 15.5 Å². The minimum absolute atomic E-state index is 0.0409. The molecule has 1 aromatic heterocycles. The number of nitrogens with zero attached hydrogens (tertiary/aromatic N) is 2. The lowest BCUT2D eigenvalue weighted by Gasteiger charge is -2.38. The first-order valence-corrected chi connectivity index (χ1v) is 8.91. The number of hydroxylamine groups is 1. The molecule has 0 aliphatic rings. The molecule has 1 rings (SSSR count). The van der Waals surface area contributed by atoms with Crippen LogP contribution < -0.4 is 5.48 Å². The largest absolute Gasteiger partial charge is 0.511 e. The Labute approximate surface area is 156 Å². The Balaban J connectivity index is 3.05. The highest BCUT2D eigenvalue weighted by Gasteiger charge is 2.55. The molecule has 0 aromatic carbocycles. The lowest BCUT2D eigenvalue weighted by Crippen LogP contribution is -2.56. The summed E-state index contributed by atoms with van der Waals surface area (Å²) >= 11 is 5.84. The summed E-state index contributed by atoms with van der Waals surface area (Å²) in [5.74, 6) is -0.948. The van der Waals surface area contributed by atoms with E-state index in [9.17, 15) is 35.2 Å². The fourth-order valence-corrected chi connectivity index (χ4v) is 3.11. The van der Waals surface area contributed by atoms with E-state index in [2.05, 4.69) is 4.98 Å². The van der Waals surface area contributed by atoms with Crippen molar-refractivity contribution in [1.29, 1.82) is 0 Å². The van der Waals surface area contributed by atoms with Crippen molar-refractivity contribution in [2.75, 3.05) is 7.05 Å². The number of hydrogen-bond donors (Lipinski definition) is 1. The fourth-order valence-electron chi connectivity index (χ4n) is 1.81. The quantitative estimate of drug-likeness (QED) is 0.291. The molecule has 0 radical (unpaired) electrons. The van der Waals surface area contributed by atoms with Gasteiger partial charge in [0.25, 0.3) is 5.91 Å². The van der Waals surface area contributed by atoms with E-state index < -0.39 is 45.4 Å². The lowest BCUT2D eigenvalue weighted by atomic mass is 10.1. The summed E-state index contributed by atoms with van der Waals surface area (Å²) < 4.78 is 86.5. The van der Waals surface area contributed by atoms with Gasteiger partial charge in [-0.15, -0.1) is 0 Å². The molecule has 7 nitrogen and oxygen atoms in total. The van der Waals surface area contributed by atoms with Crippen molar-refractivity contribution in [3.05, 3.63) is 30.1 Å². The Bertz CT molecular complexity index is 746. The van der Waals surface area contributed by atoms with Gasteiger partial charge in [0.15, 0.2) is 0 Å². The predicted octanol–water partition coefficient (Wildman–Crippen LogP) is 2.50. The van der Waals surface area contributed by atoms with Crippen LogP contribution in [0.3, 0.4) is 0 Å². The minimum atomic E-state index is -5.95. The van der Waals surface area contributed by atoms with E-state index in [1.54, 1.807) is 5.48 Å². The van der Waals surface area contributed by atoms with E-state index in [1.165, 1.54) is 18.3 Å². The van der Waals surface area contributed by atoms with Crippen molar-refractivity contribution in [3.63, 3.8) is 0 Å². The van der Waals surface area contributed by atoms with Crippen LogP contribution in [0.4, 0.5) is 22.0 Å². The molecule has 1 N–H and O–H groups in total. The number of carbonyl (C=O) groups is 1. The van der Waals surface area contributed by atoms with E-state index in [-0.39, 0.29) is 9.87 Å². The van der Waals surface area contributed by atoms with Crippen LogP contribution in [0.25, 0.3) is 0 Å². The number of aromatic nitrogens is 1. The second-order valence-corrected chi connectivity index (χ2v) is 8.07. The molecular weight excluding hydrogens is 425 g/mol. The fraction of sp³-hybridized carbons (Fsp3) is 0.538. The highest BCUT2D eigenvalue weighted by molar-refractivity contribution is 7.90. The first-order valence-electron chi connectivity index (χ1n) is 7.09. The van der Waals surface area contributed by atoms with Gasteiger partial charge in [-0.25, -0.2) is 22.7 Å². The Morgan fingerprint density at radius 2 is 2.00 bits per heavy atom. The second kappa shape index (κ2) is 8.63. The third kappa shape index (κ3) is 5.70. The molecule has 0 spiro atoms. The molecule has 2 atom stereocenters. The highest BCUT2D eigenvalue weighted by Crippen LogP contribution is 2.36. The molecule has 0 aliphatic heterocycles. The molecule has 27 heavy (non-hydrogen) atoms. The number of pyridine rings is 1. The Kier molecular flexibility index (Phi) is 7.50. The van der Waals surface area contributed by atoms with Crippen LogP contribution in [0, 0.1) is 0 Å². The van der Waals surface area contributed by atoms with Gasteiger partial charge in [-0.3, -0.25) is 14.6 Å². The summed E-state index contributed by atoms with van der Waals surface area (Å²) in [6.45, 7) is 0.737. The number of alkyl halides is 6. The van der Waals surface area contributed by atoms with Crippen LogP contribution in [-0.2, 0) is 14.9 Å². The maximum Gasteiger partial charge on any atom is 0.511 e. The summed E-state index contributed by atoms with van der Waals surface area (Å²) in [5.41, 5.74) is -4.00. The molecule has 1 aromatic rings. The molecule has 14 heteroatoms. The van der Waals surface area contributed by atoms with Gasteiger partial charge in [0.1, 0.15) is 11.1 Å². The zero-order chi connectivity index (χ0) is 21.0. The number of carbonyl (C=O) groups excluding carboxylic acids is 1. The van der Waals surface area contributed by atoms with Crippen LogP contribution in [0.2, 0.25) is 0 Å². The number of hydrogen-bond acceptors (Lipinski definition) is 5. The summed E-state index contributed by atoms with van der Waals surface area (Å²) in [6.07, 6.45) is -3.94. The molecular formula is C13H15ClF5N3O4S.